The van der Waals surface area contributed by atoms with E-state index < -0.39 is 0 Å². The first kappa shape index (κ1) is 14.9. The van der Waals surface area contributed by atoms with Gasteiger partial charge in [0.25, 0.3) is 5.91 Å². The number of aliphatic hydroxyl groups is 1. The second-order valence-electron chi connectivity index (χ2n) is 6.21. The van der Waals surface area contributed by atoms with Crippen molar-refractivity contribution in [3.05, 3.63) is 47.7 Å². The third-order valence-corrected chi connectivity index (χ3v) is 4.77. The standard InChI is InChI=1S/C17H19N5O2/c1-20-10-18-13-8-22(11(9-23)7-15(13)20)17(24)16-12-5-3-4-6-14(12)21(2)19-16/h3-6,10-11,23H,7-9H2,1-2H3/t11-/m1/s1. The summed E-state index contributed by atoms with van der Waals surface area (Å²) >= 11 is 0. The SMILES string of the molecule is Cn1cnc2c1C[C@H](CO)N(C(=O)c1nn(C)c3ccccc13)C2. The Morgan fingerprint density at radius 2 is 2.12 bits per heavy atom. The molecule has 0 spiro atoms. The maximum atomic E-state index is 13.1. The third-order valence-electron chi connectivity index (χ3n) is 4.77. The Bertz CT molecular complexity index is 926. The lowest BCUT2D eigenvalue weighted by Crippen LogP contribution is -2.46. The normalized spacial score (nSPS) is 17.3. The van der Waals surface area contributed by atoms with E-state index >= 15 is 0 Å². The van der Waals surface area contributed by atoms with E-state index in [-0.39, 0.29) is 18.6 Å². The number of imidazole rings is 1. The number of fused-ring (bicyclic) bond motifs is 2. The van der Waals surface area contributed by atoms with Crippen LogP contribution in [-0.2, 0) is 27.1 Å². The predicted octanol–water partition coefficient (Wildman–Crippen LogP) is 0.866. The minimum atomic E-state index is -0.263. The molecule has 7 heteroatoms. The smallest absolute Gasteiger partial charge is 0.275 e. The van der Waals surface area contributed by atoms with Gasteiger partial charge in [0.05, 0.1) is 36.7 Å². The second-order valence-corrected chi connectivity index (χ2v) is 6.21. The highest BCUT2D eigenvalue weighted by Crippen LogP contribution is 2.26. The van der Waals surface area contributed by atoms with Crippen molar-refractivity contribution in [3.63, 3.8) is 0 Å². The van der Waals surface area contributed by atoms with Gasteiger partial charge in [-0.2, -0.15) is 5.10 Å². The Balaban J connectivity index is 1.75. The molecule has 1 aromatic carbocycles. The first-order valence-corrected chi connectivity index (χ1v) is 7.92. The average Bonchev–Trinajstić information content (AvgIpc) is 3.14. The van der Waals surface area contributed by atoms with E-state index in [2.05, 4.69) is 10.1 Å². The minimum absolute atomic E-state index is 0.0822. The van der Waals surface area contributed by atoms with Crippen LogP contribution in [0.1, 0.15) is 21.9 Å². The molecule has 124 valence electrons. The Hall–Kier alpha value is -2.67. The van der Waals surface area contributed by atoms with Crippen LogP contribution in [0.2, 0.25) is 0 Å². The Labute approximate surface area is 139 Å². The Morgan fingerprint density at radius 1 is 1.33 bits per heavy atom. The molecule has 1 atom stereocenters. The summed E-state index contributed by atoms with van der Waals surface area (Å²) in [6.45, 7) is 0.312. The van der Waals surface area contributed by atoms with E-state index in [1.807, 2.05) is 42.9 Å². The van der Waals surface area contributed by atoms with Crippen LogP contribution < -0.4 is 0 Å². The molecule has 1 aliphatic rings. The van der Waals surface area contributed by atoms with Crippen LogP contribution in [0, 0.1) is 0 Å². The topological polar surface area (TPSA) is 76.2 Å². The molecule has 4 rings (SSSR count). The highest BCUT2D eigenvalue weighted by atomic mass is 16.3. The summed E-state index contributed by atoms with van der Waals surface area (Å²) in [4.78, 5) is 19.2. The number of aryl methyl sites for hydroxylation is 2. The highest BCUT2D eigenvalue weighted by Gasteiger charge is 2.34. The van der Waals surface area contributed by atoms with Crippen LogP contribution in [0.15, 0.2) is 30.6 Å². The van der Waals surface area contributed by atoms with Crippen molar-refractivity contribution in [1.29, 1.82) is 0 Å². The first-order chi connectivity index (χ1) is 11.6. The highest BCUT2D eigenvalue weighted by molar-refractivity contribution is 6.05. The number of hydrogen-bond donors (Lipinski definition) is 1. The predicted molar refractivity (Wildman–Crippen MR) is 88.4 cm³/mol. The van der Waals surface area contributed by atoms with Gasteiger partial charge in [0.15, 0.2) is 5.69 Å². The van der Waals surface area contributed by atoms with Crippen molar-refractivity contribution < 1.29 is 9.90 Å². The number of hydrogen-bond acceptors (Lipinski definition) is 4. The van der Waals surface area contributed by atoms with Crippen molar-refractivity contribution in [2.24, 2.45) is 14.1 Å². The molecule has 0 unspecified atom stereocenters. The summed E-state index contributed by atoms with van der Waals surface area (Å²) in [6.07, 6.45) is 2.35. The number of rotatable bonds is 2. The number of para-hydroxylation sites is 1. The van der Waals surface area contributed by atoms with E-state index in [0.29, 0.717) is 18.7 Å². The number of aliphatic hydroxyl groups excluding tert-OH is 1. The lowest BCUT2D eigenvalue weighted by molar-refractivity contribution is 0.0531. The fraction of sp³-hybridized carbons (Fsp3) is 0.353. The molecule has 24 heavy (non-hydrogen) atoms. The quantitative estimate of drug-likeness (QED) is 0.758. The van der Waals surface area contributed by atoms with E-state index in [1.54, 1.807) is 15.9 Å². The van der Waals surface area contributed by atoms with Gasteiger partial charge in [-0.1, -0.05) is 18.2 Å². The Morgan fingerprint density at radius 3 is 2.92 bits per heavy atom. The summed E-state index contributed by atoms with van der Waals surface area (Å²) in [7, 11) is 3.76. The van der Waals surface area contributed by atoms with Crippen LogP contribution in [0.4, 0.5) is 0 Å². The number of aromatic nitrogens is 4. The fourth-order valence-corrected chi connectivity index (χ4v) is 3.43. The van der Waals surface area contributed by atoms with E-state index in [4.69, 9.17) is 0 Å². The van der Waals surface area contributed by atoms with Gasteiger partial charge in [0.2, 0.25) is 0 Å². The number of carbonyl (C=O) groups is 1. The minimum Gasteiger partial charge on any atom is -0.394 e. The molecule has 0 fully saturated rings. The summed E-state index contributed by atoms with van der Waals surface area (Å²) in [5, 5.41) is 15.0. The van der Waals surface area contributed by atoms with Gasteiger partial charge in [0, 0.05) is 31.6 Å². The van der Waals surface area contributed by atoms with Crippen LogP contribution in [-0.4, -0.2) is 47.9 Å². The fourth-order valence-electron chi connectivity index (χ4n) is 3.43. The molecule has 1 N–H and O–H groups in total. The molecular formula is C17H19N5O2. The molecule has 7 nitrogen and oxygen atoms in total. The van der Waals surface area contributed by atoms with Crippen LogP contribution in [0.5, 0.6) is 0 Å². The summed E-state index contributed by atoms with van der Waals surface area (Å²) in [5.41, 5.74) is 3.29. The van der Waals surface area contributed by atoms with Crippen LogP contribution >= 0.6 is 0 Å². The molecule has 3 heterocycles. The zero-order valence-electron chi connectivity index (χ0n) is 13.7. The third kappa shape index (κ3) is 2.12. The molecule has 0 bridgehead atoms. The molecule has 1 aliphatic heterocycles. The molecule has 0 radical (unpaired) electrons. The molecule has 0 aliphatic carbocycles. The summed E-state index contributed by atoms with van der Waals surface area (Å²) < 4.78 is 3.67. The molecule has 1 amide bonds. The van der Waals surface area contributed by atoms with Crippen LogP contribution in [0.3, 0.4) is 0 Å². The zero-order valence-corrected chi connectivity index (χ0v) is 13.7. The lowest BCUT2D eigenvalue weighted by atomic mass is 10.0. The summed E-state index contributed by atoms with van der Waals surface area (Å²) in [6, 6.07) is 7.41. The van der Waals surface area contributed by atoms with Crippen LogP contribution in [0.25, 0.3) is 10.9 Å². The van der Waals surface area contributed by atoms with Gasteiger partial charge in [-0.15, -0.1) is 0 Å². The molecule has 0 saturated heterocycles. The van der Waals surface area contributed by atoms with Gasteiger partial charge >= 0.3 is 0 Å². The van der Waals surface area contributed by atoms with Gasteiger partial charge in [-0.25, -0.2) is 4.98 Å². The second kappa shape index (κ2) is 5.45. The van der Waals surface area contributed by atoms with Gasteiger partial charge in [0.1, 0.15) is 0 Å². The van der Waals surface area contributed by atoms with E-state index in [1.165, 1.54) is 0 Å². The maximum absolute atomic E-state index is 13.1. The monoisotopic (exact) mass is 325 g/mol. The van der Waals surface area contributed by atoms with Gasteiger partial charge in [-0.05, 0) is 6.07 Å². The van der Waals surface area contributed by atoms with E-state index in [0.717, 1.165) is 22.3 Å². The number of nitrogens with zero attached hydrogens (tertiary/aromatic N) is 5. The average molecular weight is 325 g/mol. The summed E-state index contributed by atoms with van der Waals surface area (Å²) in [5.74, 6) is -0.165. The number of carbonyl (C=O) groups excluding carboxylic acids is 1. The number of benzene rings is 1. The molecule has 3 aromatic rings. The van der Waals surface area contributed by atoms with Gasteiger partial charge < -0.3 is 14.6 Å². The molecular weight excluding hydrogens is 306 g/mol. The zero-order chi connectivity index (χ0) is 16.8. The maximum Gasteiger partial charge on any atom is 0.275 e. The largest absolute Gasteiger partial charge is 0.394 e. The van der Waals surface area contributed by atoms with Crippen molar-refractivity contribution in [2.45, 2.75) is 19.0 Å². The lowest BCUT2D eigenvalue weighted by Gasteiger charge is -2.34. The van der Waals surface area contributed by atoms with Crippen molar-refractivity contribution in [2.75, 3.05) is 6.61 Å². The van der Waals surface area contributed by atoms with Crippen molar-refractivity contribution >= 4 is 16.8 Å². The molecule has 2 aromatic heterocycles. The van der Waals surface area contributed by atoms with E-state index in [9.17, 15) is 9.90 Å². The first-order valence-electron chi connectivity index (χ1n) is 7.92. The van der Waals surface area contributed by atoms with Crippen molar-refractivity contribution in [1.82, 2.24) is 24.2 Å². The van der Waals surface area contributed by atoms with Gasteiger partial charge in [-0.3, -0.25) is 9.48 Å². The number of amides is 1. The molecule has 0 saturated carbocycles. The van der Waals surface area contributed by atoms with Crippen molar-refractivity contribution in [3.8, 4) is 0 Å². The Kier molecular flexibility index (Phi) is 3.38.